The zero-order valence-electron chi connectivity index (χ0n) is 15.1. The number of amides is 2. The van der Waals surface area contributed by atoms with Crippen molar-refractivity contribution in [3.8, 4) is 0 Å². The predicted molar refractivity (Wildman–Crippen MR) is 98.4 cm³/mol. The highest BCUT2D eigenvalue weighted by Crippen LogP contribution is 2.19. The van der Waals surface area contributed by atoms with Crippen LogP contribution in [-0.2, 0) is 9.59 Å². The van der Waals surface area contributed by atoms with E-state index in [1.807, 2.05) is 38.1 Å². The lowest BCUT2D eigenvalue weighted by Gasteiger charge is -2.37. The Bertz CT molecular complexity index is 622. The molecular formula is C19H28N4O2. The topological polar surface area (TPSA) is 64.7 Å². The van der Waals surface area contributed by atoms with Gasteiger partial charge in [-0.1, -0.05) is 18.2 Å². The summed E-state index contributed by atoms with van der Waals surface area (Å²) in [6.07, 6.45) is 2.23. The molecule has 0 aromatic heterocycles. The highest BCUT2D eigenvalue weighted by atomic mass is 16.2. The van der Waals surface area contributed by atoms with Crippen molar-refractivity contribution >= 4 is 17.5 Å². The molecule has 0 bridgehead atoms. The summed E-state index contributed by atoms with van der Waals surface area (Å²) in [4.78, 5) is 28.8. The summed E-state index contributed by atoms with van der Waals surface area (Å²) in [5.41, 5.74) is 1.94. The zero-order valence-corrected chi connectivity index (χ0v) is 15.1. The Kier molecular flexibility index (Phi) is 5.71. The molecule has 25 heavy (non-hydrogen) atoms. The number of nitrogens with zero attached hydrogens (tertiary/aromatic N) is 2. The third kappa shape index (κ3) is 5.03. The molecule has 3 rings (SSSR count). The molecule has 2 N–H and O–H groups in total. The van der Waals surface area contributed by atoms with Gasteiger partial charge in [-0.05, 0) is 38.3 Å². The molecule has 6 nitrogen and oxygen atoms in total. The third-order valence-corrected chi connectivity index (χ3v) is 5.04. The Balaban J connectivity index is 1.42. The van der Waals surface area contributed by atoms with Gasteiger partial charge in [0.05, 0.1) is 12.6 Å². The summed E-state index contributed by atoms with van der Waals surface area (Å²) in [7, 11) is 0. The van der Waals surface area contributed by atoms with Gasteiger partial charge in [-0.2, -0.15) is 0 Å². The maximum absolute atomic E-state index is 12.3. The van der Waals surface area contributed by atoms with Crippen molar-refractivity contribution in [2.75, 3.05) is 38.0 Å². The van der Waals surface area contributed by atoms with E-state index in [0.29, 0.717) is 12.6 Å². The van der Waals surface area contributed by atoms with Gasteiger partial charge < -0.3 is 10.6 Å². The first-order valence-electron chi connectivity index (χ1n) is 9.15. The van der Waals surface area contributed by atoms with Gasteiger partial charge in [0.25, 0.3) is 0 Å². The number of hydrogen-bond acceptors (Lipinski definition) is 4. The first kappa shape index (κ1) is 17.9. The molecule has 6 heteroatoms. The quantitative estimate of drug-likeness (QED) is 0.814. The number of aryl methyl sites for hydroxylation is 1. The van der Waals surface area contributed by atoms with Gasteiger partial charge in [0.2, 0.25) is 11.8 Å². The van der Waals surface area contributed by atoms with Crippen LogP contribution in [0.25, 0.3) is 0 Å². The fourth-order valence-electron chi connectivity index (χ4n) is 3.13. The Labute approximate surface area is 149 Å². The first-order chi connectivity index (χ1) is 12.0. The highest BCUT2D eigenvalue weighted by molar-refractivity contribution is 5.92. The third-order valence-electron chi connectivity index (χ3n) is 5.04. The van der Waals surface area contributed by atoms with Crippen LogP contribution >= 0.6 is 0 Å². The molecule has 1 aliphatic heterocycles. The molecule has 2 fully saturated rings. The molecule has 2 amide bonds. The summed E-state index contributed by atoms with van der Waals surface area (Å²) in [5, 5.41) is 6.05. The van der Waals surface area contributed by atoms with Gasteiger partial charge >= 0.3 is 0 Å². The number of hydrogen-bond donors (Lipinski definition) is 2. The minimum absolute atomic E-state index is 0.0160. The molecule has 1 unspecified atom stereocenters. The maximum Gasteiger partial charge on any atom is 0.238 e. The number of carbonyl (C=O) groups is 2. The number of anilines is 1. The highest BCUT2D eigenvalue weighted by Gasteiger charge is 2.30. The van der Waals surface area contributed by atoms with E-state index in [2.05, 4.69) is 20.4 Å². The molecule has 1 aromatic rings. The molecule has 0 radical (unpaired) electrons. The van der Waals surface area contributed by atoms with E-state index in [0.717, 1.165) is 50.3 Å². The molecule has 1 saturated carbocycles. The normalized spacial score (nSPS) is 20.1. The van der Waals surface area contributed by atoms with Crippen molar-refractivity contribution in [2.45, 2.75) is 38.8 Å². The van der Waals surface area contributed by atoms with Crippen LogP contribution in [0.4, 0.5) is 5.69 Å². The lowest BCUT2D eigenvalue weighted by atomic mass is 10.2. The molecule has 1 aromatic carbocycles. The SMILES string of the molecule is Cc1ccccc1NC(=O)CN1CCN(C(C)C(=O)NC2CC2)CC1. The standard InChI is InChI=1S/C19H28N4O2/c1-14-5-3-4-6-17(14)21-18(24)13-22-9-11-23(12-10-22)15(2)19(25)20-16-7-8-16/h3-6,15-16H,7-13H2,1-2H3,(H,20,25)(H,21,24). The second kappa shape index (κ2) is 7.97. The number of nitrogens with one attached hydrogen (secondary N) is 2. The van der Waals surface area contributed by atoms with E-state index < -0.39 is 0 Å². The van der Waals surface area contributed by atoms with Crippen molar-refractivity contribution in [3.63, 3.8) is 0 Å². The Morgan fingerprint density at radius 3 is 2.48 bits per heavy atom. The van der Waals surface area contributed by atoms with Crippen molar-refractivity contribution in [2.24, 2.45) is 0 Å². The van der Waals surface area contributed by atoms with Gasteiger partial charge in [0.15, 0.2) is 0 Å². The Morgan fingerprint density at radius 1 is 1.16 bits per heavy atom. The van der Waals surface area contributed by atoms with E-state index in [-0.39, 0.29) is 17.9 Å². The lowest BCUT2D eigenvalue weighted by Crippen LogP contribution is -2.55. The minimum atomic E-state index is -0.0939. The van der Waals surface area contributed by atoms with Gasteiger partial charge in [-0.15, -0.1) is 0 Å². The lowest BCUT2D eigenvalue weighted by molar-refractivity contribution is -0.127. The summed E-state index contributed by atoms with van der Waals surface area (Å²) in [6.45, 7) is 7.60. The van der Waals surface area contributed by atoms with E-state index in [4.69, 9.17) is 0 Å². The molecule has 2 aliphatic rings. The van der Waals surface area contributed by atoms with Crippen molar-refractivity contribution < 1.29 is 9.59 Å². The number of para-hydroxylation sites is 1. The van der Waals surface area contributed by atoms with Crippen LogP contribution < -0.4 is 10.6 Å². The van der Waals surface area contributed by atoms with Gasteiger partial charge in [0, 0.05) is 37.9 Å². The van der Waals surface area contributed by atoms with Gasteiger partial charge in [-0.25, -0.2) is 0 Å². The van der Waals surface area contributed by atoms with Crippen LogP contribution in [0.5, 0.6) is 0 Å². The maximum atomic E-state index is 12.3. The van der Waals surface area contributed by atoms with E-state index in [1.165, 1.54) is 0 Å². The first-order valence-corrected chi connectivity index (χ1v) is 9.15. The van der Waals surface area contributed by atoms with Crippen LogP contribution in [0.3, 0.4) is 0 Å². The second-order valence-corrected chi connectivity index (χ2v) is 7.13. The number of rotatable bonds is 6. The Morgan fingerprint density at radius 2 is 1.84 bits per heavy atom. The second-order valence-electron chi connectivity index (χ2n) is 7.13. The molecule has 1 heterocycles. The summed E-state index contributed by atoms with van der Waals surface area (Å²) >= 11 is 0. The van der Waals surface area contributed by atoms with Crippen LogP contribution in [0.2, 0.25) is 0 Å². The molecule has 136 valence electrons. The largest absolute Gasteiger partial charge is 0.352 e. The number of piperazine rings is 1. The fraction of sp³-hybridized carbons (Fsp3) is 0.579. The summed E-state index contributed by atoms with van der Waals surface area (Å²) < 4.78 is 0. The van der Waals surface area contributed by atoms with Crippen LogP contribution in [0.15, 0.2) is 24.3 Å². The Hall–Kier alpha value is -1.92. The van der Waals surface area contributed by atoms with Crippen molar-refractivity contribution in [1.82, 2.24) is 15.1 Å². The number of benzene rings is 1. The van der Waals surface area contributed by atoms with Gasteiger partial charge in [0.1, 0.15) is 0 Å². The van der Waals surface area contributed by atoms with Crippen molar-refractivity contribution in [1.29, 1.82) is 0 Å². The van der Waals surface area contributed by atoms with Crippen LogP contribution in [-0.4, -0.2) is 66.4 Å². The monoisotopic (exact) mass is 344 g/mol. The average molecular weight is 344 g/mol. The predicted octanol–water partition coefficient (Wildman–Crippen LogP) is 1.22. The number of carbonyl (C=O) groups excluding carboxylic acids is 2. The molecule has 1 aliphatic carbocycles. The smallest absolute Gasteiger partial charge is 0.238 e. The van der Waals surface area contributed by atoms with Crippen LogP contribution in [0.1, 0.15) is 25.3 Å². The molecule has 1 saturated heterocycles. The molecular weight excluding hydrogens is 316 g/mol. The van der Waals surface area contributed by atoms with Gasteiger partial charge in [-0.3, -0.25) is 19.4 Å². The fourth-order valence-corrected chi connectivity index (χ4v) is 3.13. The van der Waals surface area contributed by atoms with Crippen molar-refractivity contribution in [3.05, 3.63) is 29.8 Å². The molecule has 1 atom stereocenters. The summed E-state index contributed by atoms with van der Waals surface area (Å²) in [5.74, 6) is 0.149. The summed E-state index contributed by atoms with van der Waals surface area (Å²) in [6, 6.07) is 8.11. The molecule has 0 spiro atoms. The van der Waals surface area contributed by atoms with E-state index in [1.54, 1.807) is 0 Å². The van der Waals surface area contributed by atoms with E-state index >= 15 is 0 Å². The van der Waals surface area contributed by atoms with E-state index in [9.17, 15) is 9.59 Å². The zero-order chi connectivity index (χ0) is 17.8. The average Bonchev–Trinajstić information content (AvgIpc) is 3.41. The minimum Gasteiger partial charge on any atom is -0.352 e. The van der Waals surface area contributed by atoms with Crippen LogP contribution in [0, 0.1) is 6.92 Å².